The number of nitrogens with zero attached hydrogens (tertiary/aromatic N) is 1. The number of halogens is 1. The minimum Gasteiger partial charge on any atom is -0.397 e. The molecule has 0 fully saturated rings. The van der Waals surface area contributed by atoms with Crippen LogP contribution in [0.1, 0.15) is 17.3 Å². The number of carbonyl (C=O) groups excluding carboxylic acids is 2. The van der Waals surface area contributed by atoms with Crippen molar-refractivity contribution in [2.45, 2.75) is 13.0 Å². The number of hydrogen-bond acceptors (Lipinski definition) is 5. The first-order valence-electron chi connectivity index (χ1n) is 7.54. The summed E-state index contributed by atoms with van der Waals surface area (Å²) >= 11 is 0. The molecule has 0 heterocycles. The Balaban J connectivity index is 2.10. The normalized spacial score (nSPS) is 11.5. The highest BCUT2D eigenvalue weighted by atomic mass is 19.1. The van der Waals surface area contributed by atoms with Gasteiger partial charge in [0.15, 0.2) is 0 Å². The molecule has 0 aliphatic rings. The molecule has 25 heavy (non-hydrogen) atoms. The van der Waals surface area contributed by atoms with Gasteiger partial charge >= 0.3 is 0 Å². The molecule has 0 bridgehead atoms. The fourth-order valence-electron chi connectivity index (χ4n) is 2.28. The Morgan fingerprint density at radius 2 is 1.84 bits per heavy atom. The fraction of sp³-hybridized carbons (Fsp3) is 0.176. The van der Waals surface area contributed by atoms with Crippen molar-refractivity contribution in [2.24, 2.45) is 5.84 Å². The maximum Gasteiger partial charge on any atom is 0.254 e. The Labute approximate surface area is 144 Å². The average molecular weight is 345 g/mol. The van der Waals surface area contributed by atoms with Crippen molar-refractivity contribution in [3.63, 3.8) is 0 Å². The predicted molar refractivity (Wildman–Crippen MR) is 95.4 cm³/mol. The molecule has 2 rings (SSSR count). The van der Waals surface area contributed by atoms with Crippen molar-refractivity contribution in [1.82, 2.24) is 5.32 Å². The van der Waals surface area contributed by atoms with Crippen LogP contribution in [0.5, 0.6) is 0 Å². The van der Waals surface area contributed by atoms with Crippen LogP contribution in [0.4, 0.5) is 21.5 Å². The molecule has 0 aliphatic heterocycles. The Bertz CT molecular complexity index is 794. The monoisotopic (exact) mass is 345 g/mol. The molecule has 2 aromatic rings. The summed E-state index contributed by atoms with van der Waals surface area (Å²) in [6.45, 7) is 1.49. The lowest BCUT2D eigenvalue weighted by Gasteiger charge is -2.21. The van der Waals surface area contributed by atoms with E-state index in [-0.39, 0.29) is 5.56 Å². The van der Waals surface area contributed by atoms with Gasteiger partial charge in [0.1, 0.15) is 11.9 Å². The zero-order valence-corrected chi connectivity index (χ0v) is 13.9. The van der Waals surface area contributed by atoms with E-state index in [9.17, 15) is 14.0 Å². The number of rotatable bonds is 5. The summed E-state index contributed by atoms with van der Waals surface area (Å²) in [7, 11) is 1.59. The summed E-state index contributed by atoms with van der Waals surface area (Å²) < 4.78 is 13.6. The lowest BCUT2D eigenvalue weighted by Crippen LogP contribution is -2.42. The Kier molecular flexibility index (Phi) is 5.56. The van der Waals surface area contributed by atoms with E-state index in [4.69, 9.17) is 11.6 Å². The van der Waals surface area contributed by atoms with E-state index in [0.29, 0.717) is 17.1 Å². The predicted octanol–water partition coefficient (Wildman–Crippen LogP) is 1.47. The number of nitrogen functional groups attached to an aromatic ring is 1. The molecule has 6 N–H and O–H groups in total. The van der Waals surface area contributed by atoms with Gasteiger partial charge in [0.2, 0.25) is 5.91 Å². The van der Waals surface area contributed by atoms with Crippen molar-refractivity contribution in [2.75, 3.05) is 23.1 Å². The fourth-order valence-corrected chi connectivity index (χ4v) is 2.28. The van der Waals surface area contributed by atoms with E-state index in [0.717, 1.165) is 0 Å². The smallest absolute Gasteiger partial charge is 0.254 e. The minimum absolute atomic E-state index is 0.131. The number of carbonyl (C=O) groups is 2. The SMILES string of the molecule is CC(NC(=O)c1ccccc1F)C(=O)Nc1cccc(N)c1N(C)N. The van der Waals surface area contributed by atoms with E-state index in [1.807, 2.05) is 0 Å². The molecule has 0 radical (unpaired) electrons. The number of amides is 2. The number of para-hydroxylation sites is 1. The zero-order chi connectivity index (χ0) is 18.6. The van der Waals surface area contributed by atoms with Gasteiger partial charge < -0.3 is 21.4 Å². The van der Waals surface area contributed by atoms with Gasteiger partial charge in [0.25, 0.3) is 5.91 Å². The summed E-state index contributed by atoms with van der Waals surface area (Å²) in [6, 6.07) is 9.59. The van der Waals surface area contributed by atoms with Gasteiger partial charge in [-0.2, -0.15) is 0 Å². The summed E-state index contributed by atoms with van der Waals surface area (Å²) in [4.78, 5) is 24.4. The zero-order valence-electron chi connectivity index (χ0n) is 13.9. The minimum atomic E-state index is -0.899. The van der Waals surface area contributed by atoms with E-state index in [1.165, 1.54) is 30.1 Å². The Morgan fingerprint density at radius 1 is 1.16 bits per heavy atom. The highest BCUT2D eigenvalue weighted by molar-refractivity contribution is 6.03. The number of benzene rings is 2. The number of hydrazine groups is 1. The number of hydrogen-bond donors (Lipinski definition) is 4. The molecule has 8 heteroatoms. The quantitative estimate of drug-likeness (QED) is 0.372. The van der Waals surface area contributed by atoms with Gasteiger partial charge in [0, 0.05) is 7.05 Å². The van der Waals surface area contributed by atoms with Gasteiger partial charge in [-0.3, -0.25) is 9.59 Å². The molecular formula is C17H20FN5O2. The van der Waals surface area contributed by atoms with Gasteiger partial charge in [-0.1, -0.05) is 18.2 Å². The average Bonchev–Trinajstić information content (AvgIpc) is 2.54. The van der Waals surface area contributed by atoms with E-state index in [2.05, 4.69) is 10.6 Å². The van der Waals surface area contributed by atoms with Crippen LogP contribution in [-0.4, -0.2) is 24.9 Å². The molecule has 1 atom stereocenters. The second-order valence-corrected chi connectivity index (χ2v) is 5.52. The van der Waals surface area contributed by atoms with Crippen LogP contribution in [0.15, 0.2) is 42.5 Å². The van der Waals surface area contributed by atoms with Crippen LogP contribution in [-0.2, 0) is 4.79 Å². The Morgan fingerprint density at radius 3 is 2.48 bits per heavy atom. The van der Waals surface area contributed by atoms with E-state index >= 15 is 0 Å². The number of nitrogens with two attached hydrogens (primary N) is 2. The Hall–Kier alpha value is -3.13. The van der Waals surface area contributed by atoms with Crippen molar-refractivity contribution in [3.8, 4) is 0 Å². The molecule has 0 saturated heterocycles. The molecule has 7 nitrogen and oxygen atoms in total. The largest absolute Gasteiger partial charge is 0.397 e. The molecule has 1 unspecified atom stereocenters. The lowest BCUT2D eigenvalue weighted by atomic mass is 10.1. The van der Waals surface area contributed by atoms with Gasteiger partial charge in [-0.25, -0.2) is 10.2 Å². The maximum atomic E-state index is 13.6. The molecule has 0 aromatic heterocycles. The first kappa shape index (κ1) is 18.2. The number of nitrogens with one attached hydrogen (secondary N) is 2. The number of anilines is 3. The van der Waals surface area contributed by atoms with Crippen LogP contribution in [0.3, 0.4) is 0 Å². The molecule has 2 aromatic carbocycles. The third kappa shape index (κ3) is 4.24. The molecule has 0 saturated carbocycles. The van der Waals surface area contributed by atoms with Gasteiger partial charge in [0.05, 0.1) is 22.6 Å². The van der Waals surface area contributed by atoms with Crippen LogP contribution >= 0.6 is 0 Å². The lowest BCUT2D eigenvalue weighted by molar-refractivity contribution is -0.117. The van der Waals surface area contributed by atoms with Crippen molar-refractivity contribution >= 4 is 28.9 Å². The summed E-state index contributed by atoms with van der Waals surface area (Å²) in [5, 5.41) is 6.39. The van der Waals surface area contributed by atoms with Crippen molar-refractivity contribution in [3.05, 3.63) is 53.8 Å². The van der Waals surface area contributed by atoms with Crippen LogP contribution in [0, 0.1) is 5.82 Å². The highest BCUT2D eigenvalue weighted by Gasteiger charge is 2.20. The summed E-state index contributed by atoms with van der Waals surface area (Å²) in [5.74, 6) is 3.91. The van der Waals surface area contributed by atoms with Crippen LogP contribution in [0.2, 0.25) is 0 Å². The molecular weight excluding hydrogens is 325 g/mol. The molecule has 2 amide bonds. The topological polar surface area (TPSA) is 113 Å². The van der Waals surface area contributed by atoms with E-state index in [1.54, 1.807) is 31.3 Å². The third-order valence-electron chi connectivity index (χ3n) is 3.54. The molecule has 0 aliphatic carbocycles. The second-order valence-electron chi connectivity index (χ2n) is 5.52. The standard InChI is InChI=1S/C17H20FN5O2/c1-10(21-17(25)11-6-3-4-7-12(11)18)16(24)22-14-9-5-8-13(19)15(14)23(2)20/h3-10H,19-20H2,1-2H3,(H,21,25)(H,22,24). The summed E-state index contributed by atoms with van der Waals surface area (Å²) in [5.41, 5.74) is 6.98. The van der Waals surface area contributed by atoms with Gasteiger partial charge in [-0.15, -0.1) is 0 Å². The van der Waals surface area contributed by atoms with Gasteiger partial charge in [-0.05, 0) is 31.2 Å². The van der Waals surface area contributed by atoms with Crippen LogP contribution in [0.25, 0.3) is 0 Å². The second kappa shape index (κ2) is 7.63. The van der Waals surface area contributed by atoms with Crippen LogP contribution < -0.4 is 27.2 Å². The van der Waals surface area contributed by atoms with E-state index < -0.39 is 23.7 Å². The molecule has 0 spiro atoms. The molecule has 132 valence electrons. The van der Waals surface area contributed by atoms with Crippen molar-refractivity contribution in [1.29, 1.82) is 0 Å². The first-order chi connectivity index (χ1) is 11.8. The maximum absolute atomic E-state index is 13.6. The highest BCUT2D eigenvalue weighted by Crippen LogP contribution is 2.29. The van der Waals surface area contributed by atoms with Crippen molar-refractivity contribution < 1.29 is 14.0 Å². The third-order valence-corrected chi connectivity index (χ3v) is 3.54. The summed E-state index contributed by atoms with van der Waals surface area (Å²) in [6.07, 6.45) is 0. The first-order valence-corrected chi connectivity index (χ1v) is 7.54.